The molecule has 1 heterocycles. The van der Waals surface area contributed by atoms with Gasteiger partial charge in [0.25, 0.3) is 0 Å². The van der Waals surface area contributed by atoms with Crippen molar-refractivity contribution < 1.29 is 4.43 Å². The van der Waals surface area contributed by atoms with Gasteiger partial charge in [0.1, 0.15) is 0 Å². The Labute approximate surface area is 126 Å². The van der Waals surface area contributed by atoms with Crippen LogP contribution in [0.1, 0.15) is 32.3 Å². The van der Waals surface area contributed by atoms with Crippen LogP contribution in [0, 0.1) is 0 Å². The van der Waals surface area contributed by atoms with Crippen molar-refractivity contribution in [1.82, 2.24) is 0 Å². The molecule has 2 rings (SSSR count). The van der Waals surface area contributed by atoms with Gasteiger partial charge in [-0.25, -0.2) is 0 Å². The predicted molar refractivity (Wildman–Crippen MR) is 88.1 cm³/mol. The second-order valence-corrected chi connectivity index (χ2v) is 7.69. The molecule has 0 spiro atoms. The molecule has 0 aliphatic carbocycles. The first-order valence-electron chi connectivity index (χ1n) is 6.72. The molecule has 0 fully saturated rings. The first-order chi connectivity index (χ1) is 9.02. The van der Waals surface area contributed by atoms with E-state index in [2.05, 4.69) is 66.7 Å². The van der Waals surface area contributed by atoms with Crippen LogP contribution in [0.3, 0.4) is 0 Å². The third-order valence-electron chi connectivity index (χ3n) is 3.51. The fourth-order valence-electron chi connectivity index (χ4n) is 2.78. The zero-order valence-electron chi connectivity index (χ0n) is 11.7. The van der Waals surface area contributed by atoms with Crippen LogP contribution in [0.25, 0.3) is 0 Å². The van der Waals surface area contributed by atoms with Crippen LogP contribution < -0.4 is 0 Å². The minimum Gasteiger partial charge on any atom is -0.414 e. The highest BCUT2D eigenvalue weighted by atomic mass is 79.9. The minimum atomic E-state index is -0.488. The smallest absolute Gasteiger partial charge is 0.166 e. The summed E-state index contributed by atoms with van der Waals surface area (Å²) in [5.41, 5.74) is 3.72. The standard InChI is InChI=1S/C16H21BrOSi/c1-12(2)10-16(11-13(3)8-9-19-18-16)14-4-6-15(17)7-5-14/h4-8H,1,9-11,19H2,2-3H3/t16-/m1/s1. The lowest BCUT2D eigenvalue weighted by atomic mass is 9.82. The lowest BCUT2D eigenvalue weighted by Crippen LogP contribution is -2.31. The highest BCUT2D eigenvalue weighted by molar-refractivity contribution is 9.10. The number of benzene rings is 1. The van der Waals surface area contributed by atoms with E-state index in [0.29, 0.717) is 0 Å². The Kier molecular flexibility index (Phi) is 4.82. The second kappa shape index (κ2) is 6.20. The van der Waals surface area contributed by atoms with E-state index in [9.17, 15) is 0 Å². The quantitative estimate of drug-likeness (QED) is 0.584. The van der Waals surface area contributed by atoms with Crippen LogP contribution in [0.15, 0.2) is 52.5 Å². The van der Waals surface area contributed by atoms with E-state index < -0.39 is 9.76 Å². The maximum absolute atomic E-state index is 6.41. The van der Waals surface area contributed by atoms with Gasteiger partial charge in [-0.1, -0.05) is 45.3 Å². The summed E-state index contributed by atoms with van der Waals surface area (Å²) in [7, 11) is -0.488. The van der Waals surface area contributed by atoms with E-state index in [-0.39, 0.29) is 5.60 Å². The molecule has 1 aromatic carbocycles. The van der Waals surface area contributed by atoms with E-state index >= 15 is 0 Å². The Morgan fingerprint density at radius 3 is 2.74 bits per heavy atom. The largest absolute Gasteiger partial charge is 0.414 e. The van der Waals surface area contributed by atoms with Gasteiger partial charge < -0.3 is 4.43 Å². The molecule has 19 heavy (non-hydrogen) atoms. The van der Waals surface area contributed by atoms with E-state index in [1.807, 2.05) is 0 Å². The summed E-state index contributed by atoms with van der Waals surface area (Å²) in [4.78, 5) is 0. The molecule has 0 bridgehead atoms. The Morgan fingerprint density at radius 1 is 1.42 bits per heavy atom. The molecule has 0 unspecified atom stereocenters. The molecule has 0 saturated heterocycles. The lowest BCUT2D eigenvalue weighted by molar-refractivity contribution is 0.0737. The molecular weight excluding hydrogens is 316 g/mol. The maximum atomic E-state index is 6.41. The van der Waals surface area contributed by atoms with Gasteiger partial charge in [-0.3, -0.25) is 0 Å². The van der Waals surface area contributed by atoms with E-state index in [1.54, 1.807) is 0 Å². The van der Waals surface area contributed by atoms with Crippen molar-refractivity contribution in [1.29, 1.82) is 0 Å². The van der Waals surface area contributed by atoms with Crippen molar-refractivity contribution in [2.45, 2.75) is 38.3 Å². The summed E-state index contributed by atoms with van der Waals surface area (Å²) in [5, 5.41) is 0. The monoisotopic (exact) mass is 336 g/mol. The Morgan fingerprint density at radius 2 is 2.11 bits per heavy atom. The topological polar surface area (TPSA) is 9.23 Å². The van der Waals surface area contributed by atoms with Gasteiger partial charge >= 0.3 is 0 Å². The van der Waals surface area contributed by atoms with Crippen molar-refractivity contribution >= 4 is 25.7 Å². The number of hydrogen-bond donors (Lipinski definition) is 0. The van der Waals surface area contributed by atoms with Gasteiger partial charge in [0.05, 0.1) is 5.60 Å². The lowest BCUT2D eigenvalue weighted by Gasteiger charge is -2.35. The molecule has 1 atom stereocenters. The van der Waals surface area contributed by atoms with E-state index in [1.165, 1.54) is 16.7 Å². The summed E-state index contributed by atoms with van der Waals surface area (Å²) in [6.45, 7) is 8.41. The normalized spacial score (nSPS) is 24.9. The highest BCUT2D eigenvalue weighted by Crippen LogP contribution is 2.39. The van der Waals surface area contributed by atoms with Crippen LogP contribution in [-0.2, 0) is 10.0 Å². The van der Waals surface area contributed by atoms with E-state index in [0.717, 1.165) is 23.4 Å². The number of halogens is 1. The fraction of sp³-hybridized carbons (Fsp3) is 0.375. The molecule has 1 nitrogen and oxygen atoms in total. The number of allylic oxidation sites excluding steroid dienone is 1. The van der Waals surface area contributed by atoms with Crippen LogP contribution in [0.2, 0.25) is 6.04 Å². The number of hydrogen-bond acceptors (Lipinski definition) is 1. The van der Waals surface area contributed by atoms with Crippen molar-refractivity contribution in [3.8, 4) is 0 Å². The molecule has 0 amide bonds. The van der Waals surface area contributed by atoms with Crippen molar-refractivity contribution in [3.63, 3.8) is 0 Å². The second-order valence-electron chi connectivity index (χ2n) is 5.50. The van der Waals surface area contributed by atoms with Gasteiger partial charge in [0.15, 0.2) is 9.76 Å². The molecule has 1 aliphatic heterocycles. The van der Waals surface area contributed by atoms with Crippen LogP contribution in [0.5, 0.6) is 0 Å². The average Bonchev–Trinajstić information content (AvgIpc) is 2.52. The van der Waals surface area contributed by atoms with Crippen molar-refractivity contribution in [2.75, 3.05) is 0 Å². The van der Waals surface area contributed by atoms with Crippen LogP contribution in [-0.4, -0.2) is 9.76 Å². The Balaban J connectivity index is 2.41. The van der Waals surface area contributed by atoms with Gasteiger partial charge in [0.2, 0.25) is 0 Å². The zero-order chi connectivity index (χ0) is 13.9. The summed E-state index contributed by atoms with van der Waals surface area (Å²) >= 11 is 3.50. The zero-order valence-corrected chi connectivity index (χ0v) is 14.7. The van der Waals surface area contributed by atoms with Crippen LogP contribution in [0.4, 0.5) is 0 Å². The highest BCUT2D eigenvalue weighted by Gasteiger charge is 2.34. The third-order valence-corrected chi connectivity index (χ3v) is 5.32. The molecule has 0 saturated carbocycles. The molecule has 0 radical (unpaired) electrons. The summed E-state index contributed by atoms with van der Waals surface area (Å²) < 4.78 is 7.52. The molecule has 1 aromatic rings. The summed E-state index contributed by atoms with van der Waals surface area (Å²) in [5.74, 6) is 0. The van der Waals surface area contributed by atoms with Gasteiger partial charge in [-0.15, -0.1) is 6.58 Å². The van der Waals surface area contributed by atoms with Crippen molar-refractivity contribution in [2.24, 2.45) is 0 Å². The Bertz CT molecular complexity index is 492. The first-order valence-corrected chi connectivity index (χ1v) is 9.09. The van der Waals surface area contributed by atoms with Crippen LogP contribution >= 0.6 is 15.9 Å². The van der Waals surface area contributed by atoms with E-state index in [4.69, 9.17) is 4.43 Å². The predicted octanol–water partition coefficient (Wildman–Crippen LogP) is 4.48. The van der Waals surface area contributed by atoms with Gasteiger partial charge in [0, 0.05) is 17.3 Å². The molecule has 3 heteroatoms. The van der Waals surface area contributed by atoms with Gasteiger partial charge in [-0.2, -0.15) is 0 Å². The summed E-state index contributed by atoms with van der Waals surface area (Å²) in [6, 6.07) is 9.70. The third kappa shape index (κ3) is 3.68. The fourth-order valence-corrected chi connectivity index (χ4v) is 4.53. The Hall–Kier alpha value is -0.643. The SMILES string of the molecule is C=C(C)C[C@]1(c2ccc(Br)cc2)CC(C)=CC[SiH2]O1. The molecule has 1 aliphatic rings. The average molecular weight is 337 g/mol. The van der Waals surface area contributed by atoms with Crippen molar-refractivity contribution in [3.05, 3.63) is 58.1 Å². The molecule has 0 aromatic heterocycles. The first kappa shape index (κ1) is 14.8. The number of rotatable bonds is 3. The molecular formula is C16H21BrOSi. The minimum absolute atomic E-state index is 0.185. The van der Waals surface area contributed by atoms with Gasteiger partial charge in [-0.05, 0) is 37.6 Å². The molecule has 0 N–H and O–H groups in total. The maximum Gasteiger partial charge on any atom is 0.166 e. The summed E-state index contributed by atoms with van der Waals surface area (Å²) in [6.07, 6.45) is 4.24. The molecule has 102 valence electrons.